The van der Waals surface area contributed by atoms with E-state index in [1.54, 1.807) is 17.0 Å². The van der Waals surface area contributed by atoms with Crippen LogP contribution in [0.2, 0.25) is 0 Å². The second-order valence-corrected chi connectivity index (χ2v) is 5.97. The summed E-state index contributed by atoms with van der Waals surface area (Å²) in [4.78, 5) is 14.6. The average molecular weight is 330 g/mol. The van der Waals surface area contributed by atoms with Gasteiger partial charge in [-0.3, -0.25) is 4.99 Å². The van der Waals surface area contributed by atoms with Crippen molar-refractivity contribution in [2.75, 3.05) is 13.3 Å². The molecule has 1 fully saturated rings. The maximum atomic E-state index is 11.1. The van der Waals surface area contributed by atoms with E-state index in [9.17, 15) is 15.3 Å². The highest BCUT2D eigenvalue weighted by Gasteiger charge is 2.47. The monoisotopic (exact) mass is 330 g/mol. The molecule has 0 spiro atoms. The van der Waals surface area contributed by atoms with Crippen molar-refractivity contribution in [3.63, 3.8) is 0 Å². The van der Waals surface area contributed by atoms with Gasteiger partial charge >= 0.3 is 0 Å². The minimum Gasteiger partial charge on any atom is -0.394 e. The number of hydrogen-bond acceptors (Lipinski definition) is 8. The molecule has 3 aliphatic heterocycles. The molecule has 0 aliphatic carbocycles. The van der Waals surface area contributed by atoms with Crippen LogP contribution >= 0.6 is 0 Å². The molecule has 126 valence electrons. The van der Waals surface area contributed by atoms with Crippen LogP contribution in [0.3, 0.4) is 0 Å². The summed E-state index contributed by atoms with van der Waals surface area (Å²) in [5.74, 6) is 0.479. The van der Waals surface area contributed by atoms with E-state index in [0.717, 1.165) is 0 Å². The van der Waals surface area contributed by atoms with Gasteiger partial charge in [-0.2, -0.15) is 0 Å². The topological polar surface area (TPSA) is 110 Å². The molecule has 4 atom stereocenters. The number of benzene rings is 1. The van der Waals surface area contributed by atoms with Crippen LogP contribution < -0.4 is 0 Å². The Balaban J connectivity index is 1.62. The van der Waals surface area contributed by atoms with E-state index in [2.05, 4.69) is 15.0 Å². The predicted molar refractivity (Wildman–Crippen MR) is 86.8 cm³/mol. The molecule has 1 unspecified atom stereocenters. The largest absolute Gasteiger partial charge is 0.394 e. The standard InChI is InChI=1S/C16H18N4O4/c21-7-12-11(22)6-13(24-12)20-9-18-14-15(20)17-8-19-16(14,23)10-4-2-1-3-5-10/h1-5,8,11-13,21-23H,6-7,9H2/t11-,12+,13+,16?/m0/s1. The molecule has 1 saturated heterocycles. The van der Waals surface area contributed by atoms with Gasteiger partial charge in [0, 0.05) is 12.0 Å². The Morgan fingerprint density at radius 2 is 2.08 bits per heavy atom. The number of nitrogens with zero attached hydrogens (tertiary/aromatic N) is 4. The number of rotatable bonds is 3. The number of fused-ring (bicyclic) bond motifs is 1. The average Bonchev–Trinajstić information content (AvgIpc) is 3.20. The van der Waals surface area contributed by atoms with E-state index < -0.39 is 24.2 Å². The maximum absolute atomic E-state index is 11.1. The zero-order valence-electron chi connectivity index (χ0n) is 12.9. The fourth-order valence-electron chi connectivity index (χ4n) is 3.23. The van der Waals surface area contributed by atoms with Crippen LogP contribution in [0, 0.1) is 0 Å². The zero-order valence-corrected chi connectivity index (χ0v) is 12.9. The molecule has 3 N–H and O–H groups in total. The lowest BCUT2D eigenvalue weighted by Gasteiger charge is -2.30. The van der Waals surface area contributed by atoms with Gasteiger partial charge in [-0.25, -0.2) is 9.98 Å². The molecule has 0 amide bonds. The first-order chi connectivity index (χ1) is 11.6. The Morgan fingerprint density at radius 1 is 1.29 bits per heavy atom. The second-order valence-electron chi connectivity index (χ2n) is 5.97. The molecule has 1 aromatic rings. The molecular formula is C16H18N4O4. The molecule has 4 rings (SSSR count). The number of aliphatic imine (C=N–C) groups is 3. The fourth-order valence-corrected chi connectivity index (χ4v) is 3.23. The van der Waals surface area contributed by atoms with E-state index in [1.165, 1.54) is 6.34 Å². The molecule has 8 heteroatoms. The molecule has 3 aliphatic rings. The fraction of sp³-hybridized carbons (Fsp3) is 0.438. The summed E-state index contributed by atoms with van der Waals surface area (Å²) in [6.07, 6.45) is -0.161. The van der Waals surface area contributed by atoms with Gasteiger partial charge in [-0.15, -0.1) is 0 Å². The molecule has 8 nitrogen and oxygen atoms in total. The van der Waals surface area contributed by atoms with Crippen LogP contribution in [0.5, 0.6) is 0 Å². The summed E-state index contributed by atoms with van der Waals surface area (Å²) in [6, 6.07) is 9.07. The normalized spacial score (nSPS) is 35.0. The van der Waals surface area contributed by atoms with E-state index in [-0.39, 0.29) is 13.3 Å². The van der Waals surface area contributed by atoms with Gasteiger partial charge in [0.15, 0.2) is 5.84 Å². The summed E-state index contributed by atoms with van der Waals surface area (Å²) in [5, 5.41) is 30.2. The Hall–Kier alpha value is -2.13. The Kier molecular flexibility index (Phi) is 3.69. The number of aliphatic hydroxyl groups is 3. The summed E-state index contributed by atoms with van der Waals surface area (Å²) >= 11 is 0. The van der Waals surface area contributed by atoms with Crippen LogP contribution in [-0.2, 0) is 10.5 Å². The van der Waals surface area contributed by atoms with E-state index in [4.69, 9.17) is 4.74 Å². The minimum atomic E-state index is -1.58. The number of amidine groups is 1. The van der Waals surface area contributed by atoms with Gasteiger partial charge in [0.05, 0.1) is 12.7 Å². The lowest BCUT2D eigenvalue weighted by atomic mass is 9.96. The van der Waals surface area contributed by atoms with Crippen molar-refractivity contribution in [3.05, 3.63) is 35.9 Å². The van der Waals surface area contributed by atoms with Gasteiger partial charge < -0.3 is 25.0 Å². The molecule has 0 bridgehead atoms. The summed E-state index contributed by atoms with van der Waals surface area (Å²) in [6.45, 7) is 0.00329. The Labute approximate surface area is 138 Å². The van der Waals surface area contributed by atoms with Gasteiger partial charge in [0.2, 0.25) is 5.72 Å². The molecule has 0 radical (unpaired) electrons. The first-order valence-electron chi connectivity index (χ1n) is 7.79. The van der Waals surface area contributed by atoms with E-state index in [1.807, 2.05) is 18.2 Å². The Bertz CT molecular complexity index is 720. The highest BCUT2D eigenvalue weighted by Crippen LogP contribution is 2.33. The highest BCUT2D eigenvalue weighted by molar-refractivity contribution is 6.47. The molecule has 0 aromatic heterocycles. The minimum absolute atomic E-state index is 0.249. The maximum Gasteiger partial charge on any atom is 0.231 e. The molecule has 24 heavy (non-hydrogen) atoms. The van der Waals surface area contributed by atoms with Gasteiger partial charge in [0.25, 0.3) is 0 Å². The van der Waals surface area contributed by atoms with Crippen molar-refractivity contribution >= 4 is 17.9 Å². The van der Waals surface area contributed by atoms with Crippen LogP contribution in [-0.4, -0.2) is 69.8 Å². The molecule has 1 aromatic carbocycles. The van der Waals surface area contributed by atoms with Gasteiger partial charge in [-0.05, 0) is 0 Å². The summed E-state index contributed by atoms with van der Waals surface area (Å²) in [5.41, 5.74) is -0.614. The van der Waals surface area contributed by atoms with Gasteiger partial charge in [-0.1, -0.05) is 30.3 Å². The quantitative estimate of drug-likeness (QED) is 0.689. The zero-order chi connectivity index (χ0) is 16.7. The summed E-state index contributed by atoms with van der Waals surface area (Å²) < 4.78 is 5.68. The van der Waals surface area contributed by atoms with Crippen LogP contribution in [0.1, 0.15) is 12.0 Å². The summed E-state index contributed by atoms with van der Waals surface area (Å²) in [7, 11) is 0. The van der Waals surface area contributed by atoms with Crippen molar-refractivity contribution < 1.29 is 20.1 Å². The molecule has 3 heterocycles. The lowest BCUT2D eigenvalue weighted by molar-refractivity contribution is -0.0560. The van der Waals surface area contributed by atoms with E-state index >= 15 is 0 Å². The van der Waals surface area contributed by atoms with E-state index in [0.29, 0.717) is 23.5 Å². The predicted octanol–water partition coefficient (Wildman–Crippen LogP) is -0.546. The van der Waals surface area contributed by atoms with Crippen molar-refractivity contribution in [2.45, 2.75) is 30.6 Å². The van der Waals surface area contributed by atoms with Crippen molar-refractivity contribution in [1.82, 2.24) is 4.90 Å². The molecule has 0 saturated carbocycles. The van der Waals surface area contributed by atoms with Crippen LogP contribution in [0.25, 0.3) is 0 Å². The third kappa shape index (κ3) is 2.27. The second kappa shape index (κ2) is 5.75. The van der Waals surface area contributed by atoms with Crippen LogP contribution in [0.4, 0.5) is 0 Å². The Morgan fingerprint density at radius 3 is 2.79 bits per heavy atom. The third-order valence-electron chi connectivity index (χ3n) is 4.53. The first-order valence-corrected chi connectivity index (χ1v) is 7.79. The number of aliphatic hydroxyl groups excluding tert-OH is 2. The molecular weight excluding hydrogens is 312 g/mol. The van der Waals surface area contributed by atoms with Crippen LogP contribution in [0.15, 0.2) is 45.3 Å². The van der Waals surface area contributed by atoms with Crippen molar-refractivity contribution in [2.24, 2.45) is 15.0 Å². The first kappa shape index (κ1) is 15.4. The van der Waals surface area contributed by atoms with Crippen molar-refractivity contribution in [3.8, 4) is 0 Å². The lowest BCUT2D eigenvalue weighted by Crippen LogP contribution is -2.47. The third-order valence-corrected chi connectivity index (χ3v) is 4.53. The smallest absolute Gasteiger partial charge is 0.231 e. The van der Waals surface area contributed by atoms with Crippen molar-refractivity contribution in [1.29, 1.82) is 0 Å². The number of ether oxygens (including phenoxy) is 1. The number of hydrogen-bond donors (Lipinski definition) is 3. The van der Waals surface area contributed by atoms with Gasteiger partial charge in [0.1, 0.15) is 31.1 Å². The highest BCUT2D eigenvalue weighted by atomic mass is 16.5. The SMILES string of the molecule is OC[C@H]1O[C@@H](N2CN=C3C2=NC=NC3(O)c2ccccc2)C[C@@H]1O.